The Morgan fingerprint density at radius 3 is 2.50 bits per heavy atom. The second-order valence-corrected chi connectivity index (χ2v) is 2.61. The molecule has 0 saturated carbocycles. The van der Waals surface area contributed by atoms with Crippen molar-refractivity contribution in [3.8, 4) is 0 Å². The minimum Gasteiger partial charge on any atom is -0.322 e. The van der Waals surface area contributed by atoms with Crippen molar-refractivity contribution in [2.24, 2.45) is 5.73 Å². The minimum atomic E-state index is -0.295. The predicted molar refractivity (Wildman–Crippen MR) is 42.7 cm³/mol. The van der Waals surface area contributed by atoms with Gasteiger partial charge < -0.3 is 5.73 Å². The van der Waals surface area contributed by atoms with Crippen LogP contribution in [0, 0.1) is 0 Å². The standard InChI is InChI=1S/C8H15NO/c1-4-7(9)8(10)5-6(2)3/h7H,2,4-5,9H2,1,3H3. The van der Waals surface area contributed by atoms with Crippen molar-refractivity contribution < 1.29 is 4.79 Å². The number of nitrogens with two attached hydrogens (primary N) is 1. The fraction of sp³-hybridized carbons (Fsp3) is 0.625. The number of rotatable bonds is 4. The number of Topliss-reactive ketones (excluding diaryl/α,β-unsaturated/α-hetero) is 1. The molecule has 0 aliphatic rings. The first-order valence-electron chi connectivity index (χ1n) is 3.50. The molecule has 0 aromatic heterocycles. The Labute approximate surface area is 62.1 Å². The third-order valence-corrected chi connectivity index (χ3v) is 1.33. The van der Waals surface area contributed by atoms with Crippen LogP contribution >= 0.6 is 0 Å². The van der Waals surface area contributed by atoms with Crippen molar-refractivity contribution in [3.05, 3.63) is 12.2 Å². The summed E-state index contributed by atoms with van der Waals surface area (Å²) in [5.74, 6) is 0.0926. The van der Waals surface area contributed by atoms with Gasteiger partial charge in [0.25, 0.3) is 0 Å². The molecule has 10 heavy (non-hydrogen) atoms. The Morgan fingerprint density at radius 1 is 1.70 bits per heavy atom. The zero-order valence-corrected chi connectivity index (χ0v) is 6.68. The molecule has 0 rings (SSSR count). The van der Waals surface area contributed by atoms with E-state index in [0.717, 1.165) is 5.57 Å². The highest BCUT2D eigenvalue weighted by Gasteiger charge is 2.09. The van der Waals surface area contributed by atoms with Gasteiger partial charge in [0.15, 0.2) is 5.78 Å². The molecule has 1 atom stereocenters. The van der Waals surface area contributed by atoms with Gasteiger partial charge in [-0.3, -0.25) is 4.79 Å². The van der Waals surface area contributed by atoms with Gasteiger partial charge in [0.05, 0.1) is 6.04 Å². The third-order valence-electron chi connectivity index (χ3n) is 1.33. The van der Waals surface area contributed by atoms with E-state index >= 15 is 0 Å². The number of ketones is 1. The molecule has 0 fully saturated rings. The van der Waals surface area contributed by atoms with Crippen LogP contribution in [0.15, 0.2) is 12.2 Å². The number of hydrogen-bond acceptors (Lipinski definition) is 2. The van der Waals surface area contributed by atoms with Crippen molar-refractivity contribution in [2.45, 2.75) is 32.7 Å². The molecule has 0 bridgehead atoms. The lowest BCUT2D eigenvalue weighted by Crippen LogP contribution is -2.29. The molecule has 0 spiro atoms. The molecule has 2 nitrogen and oxygen atoms in total. The van der Waals surface area contributed by atoms with E-state index in [1.165, 1.54) is 0 Å². The molecular formula is C8H15NO. The summed E-state index contributed by atoms with van der Waals surface area (Å²) < 4.78 is 0. The molecule has 0 aliphatic heterocycles. The molecule has 2 heteroatoms. The van der Waals surface area contributed by atoms with E-state index in [2.05, 4.69) is 6.58 Å². The summed E-state index contributed by atoms with van der Waals surface area (Å²) >= 11 is 0. The van der Waals surface area contributed by atoms with Crippen LogP contribution in [0.3, 0.4) is 0 Å². The highest BCUT2D eigenvalue weighted by Crippen LogP contribution is 2.00. The average Bonchev–Trinajstić information content (AvgIpc) is 1.85. The zero-order chi connectivity index (χ0) is 8.15. The Bertz CT molecular complexity index is 140. The fourth-order valence-corrected chi connectivity index (χ4v) is 0.656. The highest BCUT2D eigenvalue weighted by molar-refractivity contribution is 5.85. The van der Waals surface area contributed by atoms with E-state index in [9.17, 15) is 4.79 Å². The summed E-state index contributed by atoms with van der Waals surface area (Å²) in [5, 5.41) is 0. The number of hydrogen-bond donors (Lipinski definition) is 1. The lowest BCUT2D eigenvalue weighted by molar-refractivity contribution is -0.119. The van der Waals surface area contributed by atoms with Gasteiger partial charge in [0.1, 0.15) is 0 Å². The van der Waals surface area contributed by atoms with Gasteiger partial charge in [-0.2, -0.15) is 0 Å². The van der Waals surface area contributed by atoms with Crippen molar-refractivity contribution in [3.63, 3.8) is 0 Å². The largest absolute Gasteiger partial charge is 0.322 e. The van der Waals surface area contributed by atoms with E-state index in [1.807, 2.05) is 13.8 Å². The first-order chi connectivity index (χ1) is 4.57. The molecule has 58 valence electrons. The quantitative estimate of drug-likeness (QED) is 0.599. The summed E-state index contributed by atoms with van der Waals surface area (Å²) in [7, 11) is 0. The highest BCUT2D eigenvalue weighted by atomic mass is 16.1. The van der Waals surface area contributed by atoms with Gasteiger partial charge >= 0.3 is 0 Å². The van der Waals surface area contributed by atoms with Crippen LogP contribution in [0.5, 0.6) is 0 Å². The topological polar surface area (TPSA) is 43.1 Å². The maximum absolute atomic E-state index is 11.0. The molecule has 0 amide bonds. The van der Waals surface area contributed by atoms with Crippen molar-refractivity contribution >= 4 is 5.78 Å². The van der Waals surface area contributed by atoms with E-state index in [0.29, 0.717) is 12.8 Å². The van der Waals surface area contributed by atoms with Gasteiger partial charge in [-0.05, 0) is 13.3 Å². The van der Waals surface area contributed by atoms with Gasteiger partial charge in [-0.25, -0.2) is 0 Å². The zero-order valence-electron chi connectivity index (χ0n) is 6.68. The first kappa shape index (κ1) is 9.37. The van der Waals surface area contributed by atoms with E-state index in [-0.39, 0.29) is 11.8 Å². The van der Waals surface area contributed by atoms with Crippen LogP contribution in [-0.4, -0.2) is 11.8 Å². The third kappa shape index (κ3) is 3.41. The monoisotopic (exact) mass is 141 g/mol. The van der Waals surface area contributed by atoms with Crippen LogP contribution < -0.4 is 5.73 Å². The Hall–Kier alpha value is -0.630. The van der Waals surface area contributed by atoms with Crippen LogP contribution in [0.25, 0.3) is 0 Å². The lowest BCUT2D eigenvalue weighted by Gasteiger charge is -2.05. The van der Waals surface area contributed by atoms with E-state index in [1.54, 1.807) is 0 Å². The van der Waals surface area contributed by atoms with Gasteiger partial charge in [-0.15, -0.1) is 0 Å². The molecule has 0 aliphatic carbocycles. The lowest BCUT2D eigenvalue weighted by atomic mass is 10.1. The van der Waals surface area contributed by atoms with Crippen molar-refractivity contribution in [1.82, 2.24) is 0 Å². The van der Waals surface area contributed by atoms with Crippen molar-refractivity contribution in [1.29, 1.82) is 0 Å². The number of carbonyl (C=O) groups is 1. The predicted octanol–water partition coefficient (Wildman–Crippen LogP) is 1.26. The first-order valence-corrected chi connectivity index (χ1v) is 3.50. The van der Waals surface area contributed by atoms with Gasteiger partial charge in [-0.1, -0.05) is 19.1 Å². The van der Waals surface area contributed by atoms with Crippen LogP contribution in [-0.2, 0) is 4.79 Å². The number of carbonyl (C=O) groups excluding carboxylic acids is 1. The average molecular weight is 141 g/mol. The summed E-state index contributed by atoms with van der Waals surface area (Å²) in [6.07, 6.45) is 1.14. The van der Waals surface area contributed by atoms with Gasteiger partial charge in [0, 0.05) is 6.42 Å². The summed E-state index contributed by atoms with van der Waals surface area (Å²) in [4.78, 5) is 11.0. The fourth-order valence-electron chi connectivity index (χ4n) is 0.656. The molecular weight excluding hydrogens is 126 g/mol. The molecule has 0 saturated heterocycles. The molecule has 0 heterocycles. The molecule has 1 unspecified atom stereocenters. The summed E-state index contributed by atoms with van der Waals surface area (Å²) in [5.41, 5.74) is 6.36. The minimum absolute atomic E-state index is 0.0926. The maximum atomic E-state index is 11.0. The normalized spacial score (nSPS) is 12.7. The number of allylic oxidation sites excluding steroid dienone is 1. The van der Waals surface area contributed by atoms with Crippen molar-refractivity contribution in [2.75, 3.05) is 0 Å². The van der Waals surface area contributed by atoms with Crippen LogP contribution in [0.2, 0.25) is 0 Å². The molecule has 0 aromatic rings. The Kier molecular flexibility index (Phi) is 3.96. The van der Waals surface area contributed by atoms with Crippen LogP contribution in [0.4, 0.5) is 0 Å². The smallest absolute Gasteiger partial charge is 0.153 e. The van der Waals surface area contributed by atoms with E-state index in [4.69, 9.17) is 5.73 Å². The summed E-state index contributed by atoms with van der Waals surface area (Å²) in [6, 6.07) is -0.295. The van der Waals surface area contributed by atoms with Gasteiger partial charge in [0.2, 0.25) is 0 Å². The molecule has 2 N–H and O–H groups in total. The van der Waals surface area contributed by atoms with E-state index < -0.39 is 0 Å². The summed E-state index contributed by atoms with van der Waals surface area (Å²) in [6.45, 7) is 7.37. The Balaban J connectivity index is 3.73. The molecule has 0 aromatic carbocycles. The SMILES string of the molecule is C=C(C)CC(=O)C(N)CC. The Morgan fingerprint density at radius 2 is 2.20 bits per heavy atom. The maximum Gasteiger partial charge on any atom is 0.153 e. The second kappa shape index (κ2) is 4.23. The second-order valence-electron chi connectivity index (χ2n) is 2.61. The molecule has 0 radical (unpaired) electrons. The van der Waals surface area contributed by atoms with Crippen LogP contribution in [0.1, 0.15) is 26.7 Å².